The van der Waals surface area contributed by atoms with E-state index in [2.05, 4.69) is 15.0 Å². The van der Waals surface area contributed by atoms with Crippen molar-refractivity contribution in [1.82, 2.24) is 15.0 Å². The summed E-state index contributed by atoms with van der Waals surface area (Å²) in [5.41, 5.74) is 2.84. The van der Waals surface area contributed by atoms with E-state index in [1.165, 1.54) is 12.1 Å². The van der Waals surface area contributed by atoms with Crippen molar-refractivity contribution in [1.29, 1.82) is 0 Å². The highest BCUT2D eigenvalue weighted by atomic mass is 35.5. The van der Waals surface area contributed by atoms with Crippen molar-refractivity contribution in [3.05, 3.63) is 52.4 Å². The number of hydrogen-bond donors (Lipinski definition) is 0. The van der Waals surface area contributed by atoms with Crippen LogP contribution in [0.25, 0.3) is 22.3 Å². The van der Waals surface area contributed by atoms with Gasteiger partial charge in [0.05, 0.1) is 16.9 Å². The fraction of sp³-hybridized carbons (Fsp3) is 0.133. The minimum absolute atomic E-state index is 0.140. The third-order valence-corrected chi connectivity index (χ3v) is 3.41. The first kappa shape index (κ1) is 13.8. The molecule has 0 aliphatic rings. The summed E-state index contributed by atoms with van der Waals surface area (Å²) in [5.74, 6) is -1.37. The van der Waals surface area contributed by atoms with Gasteiger partial charge in [-0.3, -0.25) is 0 Å². The van der Waals surface area contributed by atoms with Gasteiger partial charge in [-0.15, -0.1) is 0 Å². The number of benzene rings is 1. The minimum Gasteiger partial charge on any atom is -0.249 e. The number of hydrogen-bond acceptors (Lipinski definition) is 3. The number of halogens is 3. The monoisotopic (exact) mass is 305 g/mol. The Morgan fingerprint density at radius 3 is 2.38 bits per heavy atom. The lowest BCUT2D eigenvalue weighted by Crippen LogP contribution is -1.99. The summed E-state index contributed by atoms with van der Waals surface area (Å²) in [5, 5.41) is 0.179. The molecule has 0 amide bonds. The molecule has 2 heterocycles. The van der Waals surface area contributed by atoms with Gasteiger partial charge in [0.15, 0.2) is 0 Å². The molecule has 3 rings (SSSR count). The molecule has 0 fully saturated rings. The van der Waals surface area contributed by atoms with Crippen LogP contribution in [0.3, 0.4) is 0 Å². The van der Waals surface area contributed by atoms with Crippen molar-refractivity contribution < 1.29 is 8.78 Å². The molecule has 3 nitrogen and oxygen atoms in total. The van der Waals surface area contributed by atoms with E-state index < -0.39 is 11.6 Å². The molecule has 0 N–H and O–H groups in total. The number of aryl methyl sites for hydroxylation is 2. The van der Waals surface area contributed by atoms with Crippen molar-refractivity contribution in [3.63, 3.8) is 0 Å². The average molecular weight is 306 g/mol. The number of pyridine rings is 1. The van der Waals surface area contributed by atoms with Crippen LogP contribution >= 0.6 is 11.6 Å². The van der Waals surface area contributed by atoms with Crippen molar-refractivity contribution >= 4 is 22.6 Å². The molecule has 21 heavy (non-hydrogen) atoms. The Morgan fingerprint density at radius 1 is 0.952 bits per heavy atom. The van der Waals surface area contributed by atoms with Gasteiger partial charge in [0, 0.05) is 17.7 Å². The maximum Gasteiger partial charge on any atom is 0.135 e. The van der Waals surface area contributed by atoms with Crippen molar-refractivity contribution in [2.45, 2.75) is 13.8 Å². The van der Waals surface area contributed by atoms with E-state index in [0.717, 1.165) is 17.5 Å². The molecule has 1 aromatic carbocycles. The summed E-state index contributed by atoms with van der Waals surface area (Å²) in [6.45, 7) is 3.63. The van der Waals surface area contributed by atoms with Crippen LogP contribution < -0.4 is 0 Å². The van der Waals surface area contributed by atoms with Gasteiger partial charge in [0.25, 0.3) is 0 Å². The van der Waals surface area contributed by atoms with Crippen LogP contribution in [-0.2, 0) is 0 Å². The Labute approximate surface area is 124 Å². The number of rotatable bonds is 1. The van der Waals surface area contributed by atoms with Gasteiger partial charge < -0.3 is 0 Å². The number of aromatic nitrogens is 3. The molecular weight excluding hydrogens is 296 g/mol. The maximum absolute atomic E-state index is 14.0. The van der Waals surface area contributed by atoms with E-state index in [4.69, 9.17) is 11.6 Å². The van der Waals surface area contributed by atoms with Gasteiger partial charge in [-0.05, 0) is 26.0 Å². The molecule has 3 aromatic rings. The zero-order valence-electron chi connectivity index (χ0n) is 11.3. The van der Waals surface area contributed by atoms with Crippen LogP contribution in [0, 0.1) is 25.5 Å². The van der Waals surface area contributed by atoms with Gasteiger partial charge in [-0.2, -0.15) is 0 Å². The van der Waals surface area contributed by atoms with E-state index in [1.807, 2.05) is 6.92 Å². The van der Waals surface area contributed by atoms with Crippen LogP contribution in [-0.4, -0.2) is 15.0 Å². The van der Waals surface area contributed by atoms with Crippen LogP contribution in [0.2, 0.25) is 5.15 Å². The van der Waals surface area contributed by atoms with Gasteiger partial charge in [0.2, 0.25) is 0 Å². The molecule has 0 atom stereocenters. The topological polar surface area (TPSA) is 38.7 Å². The lowest BCUT2D eigenvalue weighted by atomic mass is 10.1. The quantitative estimate of drug-likeness (QED) is 0.631. The molecule has 0 unspecified atom stereocenters. The Kier molecular flexibility index (Phi) is 3.29. The first-order valence-electron chi connectivity index (χ1n) is 6.22. The summed E-state index contributed by atoms with van der Waals surface area (Å²) < 4.78 is 27.1. The van der Waals surface area contributed by atoms with E-state index in [9.17, 15) is 8.78 Å². The molecule has 0 bridgehead atoms. The van der Waals surface area contributed by atoms with Crippen molar-refractivity contribution in [3.8, 4) is 11.3 Å². The van der Waals surface area contributed by atoms with E-state index in [0.29, 0.717) is 11.0 Å². The van der Waals surface area contributed by atoms with Gasteiger partial charge in [0.1, 0.15) is 28.0 Å². The van der Waals surface area contributed by atoms with Gasteiger partial charge in [-0.1, -0.05) is 11.6 Å². The standard InChI is InChI=1S/C15H10ClF2N3/c1-7-8(2)20-15-12(19-7)6-13(16)21-14(15)10-4-3-9(17)5-11(10)18/h3-6H,1-2H3. The predicted octanol–water partition coefficient (Wildman–Crippen LogP) is 4.24. The minimum atomic E-state index is -0.717. The SMILES string of the molecule is Cc1nc2cc(Cl)nc(-c3ccc(F)cc3F)c2nc1C. The highest BCUT2D eigenvalue weighted by molar-refractivity contribution is 6.30. The molecule has 0 saturated carbocycles. The molecule has 0 radical (unpaired) electrons. The number of fused-ring (bicyclic) bond motifs is 1. The predicted molar refractivity (Wildman–Crippen MR) is 77.2 cm³/mol. The van der Waals surface area contributed by atoms with Crippen molar-refractivity contribution in [2.75, 3.05) is 0 Å². The molecular formula is C15H10ClF2N3. The summed E-state index contributed by atoms with van der Waals surface area (Å²) in [4.78, 5) is 12.9. The second kappa shape index (κ2) is 5.00. The van der Waals surface area contributed by atoms with Crippen LogP contribution in [0.4, 0.5) is 8.78 Å². The molecule has 0 spiro atoms. The molecule has 0 aliphatic heterocycles. The summed E-state index contributed by atoms with van der Waals surface area (Å²) >= 11 is 5.97. The average Bonchev–Trinajstić information content (AvgIpc) is 2.40. The third-order valence-electron chi connectivity index (χ3n) is 3.22. The lowest BCUT2D eigenvalue weighted by molar-refractivity contribution is 0.585. The highest BCUT2D eigenvalue weighted by Crippen LogP contribution is 2.29. The fourth-order valence-corrected chi connectivity index (χ4v) is 2.26. The lowest BCUT2D eigenvalue weighted by Gasteiger charge is -2.09. The second-order valence-corrected chi connectivity index (χ2v) is 5.07. The van der Waals surface area contributed by atoms with Crippen LogP contribution in [0.15, 0.2) is 24.3 Å². The maximum atomic E-state index is 14.0. The molecule has 0 aliphatic carbocycles. The van der Waals surface area contributed by atoms with E-state index >= 15 is 0 Å². The largest absolute Gasteiger partial charge is 0.249 e. The Morgan fingerprint density at radius 2 is 1.67 bits per heavy atom. The first-order valence-corrected chi connectivity index (χ1v) is 6.60. The summed E-state index contributed by atoms with van der Waals surface area (Å²) in [6, 6.07) is 4.86. The van der Waals surface area contributed by atoms with E-state index in [1.54, 1.807) is 13.0 Å². The smallest absolute Gasteiger partial charge is 0.135 e. The summed E-state index contributed by atoms with van der Waals surface area (Å²) in [7, 11) is 0. The second-order valence-electron chi connectivity index (χ2n) is 4.68. The van der Waals surface area contributed by atoms with Crippen LogP contribution in [0.1, 0.15) is 11.4 Å². The fourth-order valence-electron chi connectivity index (χ4n) is 2.07. The highest BCUT2D eigenvalue weighted by Gasteiger charge is 2.15. The van der Waals surface area contributed by atoms with Crippen LogP contribution in [0.5, 0.6) is 0 Å². The Hall–Kier alpha value is -2.14. The number of nitrogens with zero attached hydrogens (tertiary/aromatic N) is 3. The van der Waals surface area contributed by atoms with Gasteiger partial charge in [-0.25, -0.2) is 23.7 Å². The van der Waals surface area contributed by atoms with E-state index in [-0.39, 0.29) is 16.4 Å². The third kappa shape index (κ3) is 2.45. The molecule has 6 heteroatoms. The zero-order chi connectivity index (χ0) is 15.1. The Balaban J connectivity index is 2.38. The van der Waals surface area contributed by atoms with Crippen molar-refractivity contribution in [2.24, 2.45) is 0 Å². The summed E-state index contributed by atoms with van der Waals surface area (Å²) in [6.07, 6.45) is 0. The zero-order valence-corrected chi connectivity index (χ0v) is 12.0. The Bertz CT molecular complexity index is 865. The first-order chi connectivity index (χ1) is 9.95. The molecule has 2 aromatic heterocycles. The molecule has 106 valence electrons. The normalized spacial score (nSPS) is 11.1. The molecule has 0 saturated heterocycles. The van der Waals surface area contributed by atoms with Gasteiger partial charge >= 0.3 is 0 Å².